The first-order valence-electron chi connectivity index (χ1n) is 13.1. The van der Waals surface area contributed by atoms with Crippen molar-refractivity contribution < 1.29 is 0 Å². The molecule has 2 nitrogen and oxygen atoms in total. The summed E-state index contributed by atoms with van der Waals surface area (Å²) in [5, 5.41) is 0. The van der Waals surface area contributed by atoms with E-state index in [1.54, 1.807) is 11.1 Å². The summed E-state index contributed by atoms with van der Waals surface area (Å²) in [5.41, 5.74) is 8.16. The van der Waals surface area contributed by atoms with Crippen LogP contribution in [0.25, 0.3) is 11.0 Å². The Kier molecular flexibility index (Phi) is 5.96. The molecule has 3 aromatic rings. The number of rotatable bonds is 4. The lowest BCUT2D eigenvalue weighted by Gasteiger charge is -2.42. The van der Waals surface area contributed by atoms with Crippen molar-refractivity contribution in [3.8, 4) is 0 Å². The Morgan fingerprint density at radius 1 is 0.909 bits per heavy atom. The molecule has 3 heteroatoms. The van der Waals surface area contributed by atoms with Crippen molar-refractivity contribution in [2.45, 2.75) is 102 Å². The van der Waals surface area contributed by atoms with Gasteiger partial charge in [-0.3, -0.25) is 0 Å². The summed E-state index contributed by atoms with van der Waals surface area (Å²) in [7, 11) is 6.01. The third-order valence-corrected chi connectivity index (χ3v) is 8.76. The Bertz CT molecular complexity index is 1140. The minimum atomic E-state index is 0.280. The van der Waals surface area contributed by atoms with Crippen molar-refractivity contribution in [1.82, 2.24) is 9.97 Å². The molecule has 0 bridgehead atoms. The number of aromatic amines is 1. The van der Waals surface area contributed by atoms with Crippen LogP contribution in [0.1, 0.15) is 107 Å². The molecule has 33 heavy (non-hydrogen) atoms. The van der Waals surface area contributed by atoms with Gasteiger partial charge in [0.05, 0.1) is 11.0 Å². The summed E-state index contributed by atoms with van der Waals surface area (Å²) in [6, 6.07) is 13.4. The summed E-state index contributed by atoms with van der Waals surface area (Å²) < 4.78 is 0. The van der Waals surface area contributed by atoms with Crippen LogP contribution in [0.5, 0.6) is 0 Å². The van der Waals surface area contributed by atoms with E-state index in [9.17, 15) is 0 Å². The monoisotopic (exact) mass is 438 g/mol. The van der Waals surface area contributed by atoms with E-state index in [0.29, 0.717) is 17.3 Å². The van der Waals surface area contributed by atoms with Crippen LogP contribution in [-0.4, -0.2) is 17.8 Å². The third-order valence-electron chi connectivity index (χ3n) is 8.76. The van der Waals surface area contributed by atoms with Crippen LogP contribution in [0, 0.1) is 5.92 Å². The highest BCUT2D eigenvalue weighted by molar-refractivity contribution is 6.33. The molecule has 0 aliphatic heterocycles. The van der Waals surface area contributed by atoms with Gasteiger partial charge in [0, 0.05) is 5.92 Å². The van der Waals surface area contributed by atoms with Gasteiger partial charge in [-0.2, -0.15) is 0 Å². The second-order valence-electron chi connectivity index (χ2n) is 12.1. The van der Waals surface area contributed by atoms with E-state index in [0.717, 1.165) is 22.9 Å². The van der Waals surface area contributed by atoms with Gasteiger partial charge in [-0.05, 0) is 84.1 Å². The zero-order valence-corrected chi connectivity index (χ0v) is 21.0. The summed E-state index contributed by atoms with van der Waals surface area (Å²) in [5.74, 6) is 2.39. The largest absolute Gasteiger partial charge is 0.342 e. The molecule has 0 saturated heterocycles. The molecule has 1 heterocycles. The van der Waals surface area contributed by atoms with Gasteiger partial charge >= 0.3 is 0 Å². The molecule has 1 aromatic heterocycles. The fourth-order valence-corrected chi connectivity index (χ4v) is 6.46. The summed E-state index contributed by atoms with van der Waals surface area (Å²) in [6.07, 6.45) is 11.5. The molecular weight excluding hydrogens is 399 g/mol. The van der Waals surface area contributed by atoms with E-state index < -0.39 is 0 Å². The summed E-state index contributed by atoms with van der Waals surface area (Å²) >= 11 is 0. The van der Waals surface area contributed by atoms with Gasteiger partial charge in [-0.1, -0.05) is 76.7 Å². The molecule has 2 atom stereocenters. The quantitative estimate of drug-likeness (QED) is 0.345. The molecule has 2 aliphatic rings. The molecule has 172 valence electrons. The number of H-pyrrole nitrogens is 1. The number of imidazole rings is 1. The van der Waals surface area contributed by atoms with E-state index >= 15 is 0 Å². The van der Waals surface area contributed by atoms with Crippen LogP contribution in [-0.2, 0) is 17.3 Å². The smallest absolute Gasteiger partial charge is 0.113 e. The second kappa shape index (κ2) is 8.64. The van der Waals surface area contributed by atoms with Gasteiger partial charge < -0.3 is 4.98 Å². The number of benzene rings is 2. The molecule has 0 amide bonds. The molecule has 1 saturated carbocycles. The molecule has 5 rings (SSSR count). The van der Waals surface area contributed by atoms with Crippen molar-refractivity contribution in [3.05, 3.63) is 58.9 Å². The number of fused-ring (bicyclic) bond motifs is 2. The van der Waals surface area contributed by atoms with Gasteiger partial charge in [0.2, 0.25) is 0 Å². The lowest BCUT2D eigenvalue weighted by molar-refractivity contribution is 0.331. The highest BCUT2D eigenvalue weighted by Crippen LogP contribution is 2.46. The molecule has 2 unspecified atom stereocenters. The number of aryl methyl sites for hydroxylation is 1. The van der Waals surface area contributed by atoms with Gasteiger partial charge in [0.1, 0.15) is 13.7 Å². The Morgan fingerprint density at radius 2 is 1.67 bits per heavy atom. The SMILES string of the molecule is [B]c1ccc2nc(C3CCCCCC3CCc3ccc4c(c3)C(C)(C)CCC4(C)C)[nH]c2c1. The van der Waals surface area contributed by atoms with Crippen molar-refractivity contribution in [2.24, 2.45) is 5.92 Å². The molecule has 2 aromatic carbocycles. The van der Waals surface area contributed by atoms with E-state index in [4.69, 9.17) is 12.8 Å². The Balaban J connectivity index is 1.38. The van der Waals surface area contributed by atoms with E-state index in [-0.39, 0.29) is 5.41 Å². The minimum absolute atomic E-state index is 0.280. The van der Waals surface area contributed by atoms with Crippen LogP contribution in [0.15, 0.2) is 36.4 Å². The molecular formula is C30H39BN2. The van der Waals surface area contributed by atoms with Crippen molar-refractivity contribution in [2.75, 3.05) is 0 Å². The Hall–Kier alpha value is -2.03. The first-order chi connectivity index (χ1) is 15.7. The fraction of sp³-hybridized carbons (Fsp3) is 0.567. The highest BCUT2D eigenvalue weighted by atomic mass is 14.9. The zero-order chi connectivity index (χ0) is 23.2. The lowest BCUT2D eigenvalue weighted by atomic mass is 9.63. The summed E-state index contributed by atoms with van der Waals surface area (Å²) in [6.45, 7) is 9.69. The number of nitrogens with one attached hydrogen (secondary N) is 1. The maximum Gasteiger partial charge on any atom is 0.113 e. The predicted octanol–water partition coefficient (Wildman–Crippen LogP) is 7.00. The first-order valence-corrected chi connectivity index (χ1v) is 13.1. The van der Waals surface area contributed by atoms with Crippen LogP contribution >= 0.6 is 0 Å². The number of hydrogen-bond acceptors (Lipinski definition) is 1. The van der Waals surface area contributed by atoms with Crippen LogP contribution in [0.2, 0.25) is 0 Å². The number of nitrogens with zero attached hydrogens (tertiary/aromatic N) is 1. The highest BCUT2D eigenvalue weighted by Gasteiger charge is 2.37. The maximum absolute atomic E-state index is 6.01. The topological polar surface area (TPSA) is 28.7 Å². The van der Waals surface area contributed by atoms with Crippen molar-refractivity contribution in [1.29, 1.82) is 0 Å². The Morgan fingerprint density at radius 3 is 2.48 bits per heavy atom. The van der Waals surface area contributed by atoms with E-state index in [1.807, 2.05) is 18.2 Å². The van der Waals surface area contributed by atoms with Crippen molar-refractivity contribution >= 4 is 24.3 Å². The number of hydrogen-bond donors (Lipinski definition) is 1. The fourth-order valence-electron chi connectivity index (χ4n) is 6.46. The van der Waals surface area contributed by atoms with Crippen LogP contribution < -0.4 is 5.46 Å². The van der Waals surface area contributed by atoms with Crippen molar-refractivity contribution in [3.63, 3.8) is 0 Å². The lowest BCUT2D eigenvalue weighted by Crippen LogP contribution is -2.33. The standard InChI is InChI=1S/C30H39BN2/c1-29(2)16-17-30(3,4)25-18-20(11-14-24(25)29)10-12-21-8-6-5-7-9-23(21)28-32-26-15-13-22(31)19-27(26)33-28/h11,13-15,18-19,21,23H,5-10,12,16-17H2,1-4H3,(H,32,33). The van der Waals surface area contributed by atoms with Crippen LogP contribution in [0.4, 0.5) is 0 Å². The average Bonchev–Trinajstić information content (AvgIpc) is 3.04. The Labute approximate surface area is 201 Å². The average molecular weight is 438 g/mol. The summed E-state index contributed by atoms with van der Waals surface area (Å²) in [4.78, 5) is 8.64. The van der Waals surface area contributed by atoms with Gasteiger partial charge in [0.15, 0.2) is 0 Å². The first kappa shape index (κ1) is 22.8. The molecule has 2 aliphatic carbocycles. The predicted molar refractivity (Wildman–Crippen MR) is 141 cm³/mol. The molecule has 1 N–H and O–H groups in total. The van der Waals surface area contributed by atoms with Gasteiger partial charge in [-0.25, -0.2) is 4.98 Å². The molecule has 1 fully saturated rings. The maximum atomic E-state index is 6.01. The third kappa shape index (κ3) is 4.53. The van der Waals surface area contributed by atoms with Crippen LogP contribution in [0.3, 0.4) is 0 Å². The number of aromatic nitrogens is 2. The van der Waals surface area contributed by atoms with E-state index in [1.165, 1.54) is 62.8 Å². The van der Waals surface area contributed by atoms with Gasteiger partial charge in [-0.15, -0.1) is 0 Å². The normalized spacial score (nSPS) is 24.4. The molecule has 0 spiro atoms. The second-order valence-corrected chi connectivity index (χ2v) is 12.1. The van der Waals surface area contributed by atoms with E-state index in [2.05, 4.69) is 50.9 Å². The molecule has 2 radical (unpaired) electrons. The van der Waals surface area contributed by atoms with Gasteiger partial charge in [0.25, 0.3) is 0 Å². The zero-order valence-electron chi connectivity index (χ0n) is 21.0. The minimum Gasteiger partial charge on any atom is -0.342 e.